The standard InChI is InChI=1S/C6H10O/c1-5(7)6-3-2-4-6/h7H,2-4H2,1H3. The number of hydrogen-bond acceptors (Lipinski definition) is 1. The second kappa shape index (κ2) is 1.57. The summed E-state index contributed by atoms with van der Waals surface area (Å²) in [4.78, 5) is 0. The van der Waals surface area contributed by atoms with Crippen molar-refractivity contribution in [2.75, 3.05) is 0 Å². The highest BCUT2D eigenvalue weighted by Crippen LogP contribution is 2.26. The van der Waals surface area contributed by atoms with Gasteiger partial charge in [-0.15, -0.1) is 0 Å². The first-order chi connectivity index (χ1) is 3.30. The molecule has 0 spiro atoms. The van der Waals surface area contributed by atoms with Crippen LogP contribution in [0.5, 0.6) is 0 Å². The van der Waals surface area contributed by atoms with Gasteiger partial charge in [-0.25, -0.2) is 0 Å². The van der Waals surface area contributed by atoms with Crippen LogP contribution in [-0.2, 0) is 0 Å². The maximum absolute atomic E-state index is 8.75. The lowest BCUT2D eigenvalue weighted by Gasteiger charge is -2.15. The summed E-state index contributed by atoms with van der Waals surface area (Å²) < 4.78 is 0. The lowest BCUT2D eigenvalue weighted by molar-refractivity contribution is 0.389. The Bertz CT molecular complexity index is 92.7. The highest BCUT2D eigenvalue weighted by Gasteiger charge is 2.10. The van der Waals surface area contributed by atoms with E-state index in [1.807, 2.05) is 0 Å². The third kappa shape index (κ3) is 0.763. The van der Waals surface area contributed by atoms with Crippen molar-refractivity contribution in [3.05, 3.63) is 11.3 Å². The van der Waals surface area contributed by atoms with E-state index in [1.165, 1.54) is 12.0 Å². The molecular formula is C6H10O. The van der Waals surface area contributed by atoms with Crippen molar-refractivity contribution in [2.24, 2.45) is 0 Å². The third-order valence-electron chi connectivity index (χ3n) is 1.47. The Kier molecular flexibility index (Phi) is 1.05. The van der Waals surface area contributed by atoms with E-state index in [0.717, 1.165) is 12.8 Å². The van der Waals surface area contributed by atoms with Crippen LogP contribution in [0.3, 0.4) is 0 Å². The Balaban J connectivity index is 2.52. The Labute approximate surface area is 43.7 Å². The first kappa shape index (κ1) is 4.69. The number of aliphatic hydroxyl groups is 1. The average Bonchev–Trinajstić information content (AvgIpc) is 1.23. The number of allylic oxidation sites excluding steroid dienone is 2. The number of hydrogen-bond donors (Lipinski definition) is 1. The molecule has 1 saturated carbocycles. The maximum Gasteiger partial charge on any atom is 0.0883 e. The molecule has 1 fully saturated rings. The van der Waals surface area contributed by atoms with Gasteiger partial charge in [0.1, 0.15) is 0 Å². The summed E-state index contributed by atoms with van der Waals surface area (Å²) in [6.45, 7) is 1.76. The molecule has 0 amide bonds. The first-order valence-electron chi connectivity index (χ1n) is 2.68. The summed E-state index contributed by atoms with van der Waals surface area (Å²) >= 11 is 0. The molecule has 0 saturated heterocycles. The van der Waals surface area contributed by atoms with Crippen LogP contribution in [0.1, 0.15) is 26.2 Å². The fourth-order valence-corrected chi connectivity index (χ4v) is 0.715. The van der Waals surface area contributed by atoms with Crippen LogP contribution in [0.2, 0.25) is 0 Å². The zero-order valence-electron chi connectivity index (χ0n) is 4.57. The summed E-state index contributed by atoms with van der Waals surface area (Å²) in [5.74, 6) is 0.547. The molecule has 1 rings (SSSR count). The molecule has 0 bridgehead atoms. The Morgan fingerprint density at radius 1 is 1.57 bits per heavy atom. The van der Waals surface area contributed by atoms with Gasteiger partial charge in [0.05, 0.1) is 5.76 Å². The molecule has 1 aliphatic rings. The molecule has 1 aliphatic carbocycles. The summed E-state index contributed by atoms with van der Waals surface area (Å²) in [6, 6.07) is 0. The molecule has 1 nitrogen and oxygen atoms in total. The van der Waals surface area contributed by atoms with E-state index in [1.54, 1.807) is 6.92 Å². The van der Waals surface area contributed by atoms with Gasteiger partial charge in [0.25, 0.3) is 0 Å². The van der Waals surface area contributed by atoms with Crippen LogP contribution in [0.4, 0.5) is 0 Å². The molecule has 0 atom stereocenters. The van der Waals surface area contributed by atoms with Gasteiger partial charge in [0.2, 0.25) is 0 Å². The van der Waals surface area contributed by atoms with E-state index in [9.17, 15) is 0 Å². The molecule has 0 unspecified atom stereocenters. The van der Waals surface area contributed by atoms with Crippen molar-refractivity contribution in [3.8, 4) is 0 Å². The smallest absolute Gasteiger partial charge is 0.0883 e. The van der Waals surface area contributed by atoms with Crippen molar-refractivity contribution >= 4 is 0 Å². The molecule has 7 heavy (non-hydrogen) atoms. The molecule has 0 aromatic carbocycles. The average molecular weight is 98.1 g/mol. The predicted octanol–water partition coefficient (Wildman–Crippen LogP) is 2.00. The minimum Gasteiger partial charge on any atom is -0.513 e. The van der Waals surface area contributed by atoms with Gasteiger partial charge in [0, 0.05) is 0 Å². The molecule has 0 heterocycles. The zero-order valence-corrected chi connectivity index (χ0v) is 4.57. The van der Waals surface area contributed by atoms with Crippen LogP contribution in [-0.4, -0.2) is 5.11 Å². The normalized spacial score (nSPS) is 18.7. The van der Waals surface area contributed by atoms with E-state index >= 15 is 0 Å². The summed E-state index contributed by atoms with van der Waals surface area (Å²) in [5.41, 5.74) is 1.25. The van der Waals surface area contributed by atoms with Crippen molar-refractivity contribution in [1.82, 2.24) is 0 Å². The van der Waals surface area contributed by atoms with Gasteiger partial charge in [0.15, 0.2) is 0 Å². The van der Waals surface area contributed by atoms with Crippen molar-refractivity contribution in [2.45, 2.75) is 26.2 Å². The van der Waals surface area contributed by atoms with E-state index in [4.69, 9.17) is 5.11 Å². The lowest BCUT2D eigenvalue weighted by atomic mass is 9.92. The molecule has 1 N–H and O–H groups in total. The fraction of sp³-hybridized carbons (Fsp3) is 0.667. The molecule has 0 aromatic rings. The van der Waals surface area contributed by atoms with Crippen molar-refractivity contribution < 1.29 is 5.11 Å². The summed E-state index contributed by atoms with van der Waals surface area (Å²) in [5, 5.41) is 8.75. The zero-order chi connectivity index (χ0) is 5.28. The summed E-state index contributed by atoms with van der Waals surface area (Å²) in [6.07, 6.45) is 3.53. The van der Waals surface area contributed by atoms with E-state index in [0.29, 0.717) is 5.76 Å². The Morgan fingerprint density at radius 3 is 2.14 bits per heavy atom. The SMILES string of the molecule is CC(O)=C1CCC1. The van der Waals surface area contributed by atoms with Gasteiger partial charge in [-0.3, -0.25) is 0 Å². The number of aliphatic hydroxyl groups excluding tert-OH is 1. The van der Waals surface area contributed by atoms with Crippen LogP contribution >= 0.6 is 0 Å². The third-order valence-corrected chi connectivity index (χ3v) is 1.47. The largest absolute Gasteiger partial charge is 0.513 e. The maximum atomic E-state index is 8.75. The monoisotopic (exact) mass is 98.1 g/mol. The quantitative estimate of drug-likeness (QED) is 0.459. The summed E-state index contributed by atoms with van der Waals surface area (Å²) in [7, 11) is 0. The predicted molar refractivity (Wildman–Crippen MR) is 29.2 cm³/mol. The van der Waals surface area contributed by atoms with Crippen LogP contribution in [0.25, 0.3) is 0 Å². The molecule has 0 aromatic heterocycles. The minimum atomic E-state index is 0.547. The Hall–Kier alpha value is -0.460. The fourth-order valence-electron chi connectivity index (χ4n) is 0.715. The topological polar surface area (TPSA) is 20.2 Å². The van der Waals surface area contributed by atoms with Gasteiger partial charge in [-0.1, -0.05) is 0 Å². The van der Waals surface area contributed by atoms with Crippen LogP contribution in [0, 0.1) is 0 Å². The first-order valence-corrected chi connectivity index (χ1v) is 2.68. The second-order valence-corrected chi connectivity index (χ2v) is 2.04. The highest BCUT2D eigenvalue weighted by atomic mass is 16.3. The molecule has 0 radical (unpaired) electrons. The Morgan fingerprint density at radius 2 is 2.14 bits per heavy atom. The molecule has 0 aliphatic heterocycles. The van der Waals surface area contributed by atoms with Crippen molar-refractivity contribution in [3.63, 3.8) is 0 Å². The van der Waals surface area contributed by atoms with Gasteiger partial charge in [-0.05, 0) is 31.8 Å². The molecule has 1 heteroatoms. The lowest BCUT2D eigenvalue weighted by Crippen LogP contribution is -1.98. The van der Waals surface area contributed by atoms with Crippen LogP contribution in [0.15, 0.2) is 11.3 Å². The molecule has 40 valence electrons. The van der Waals surface area contributed by atoms with Gasteiger partial charge >= 0.3 is 0 Å². The van der Waals surface area contributed by atoms with Crippen molar-refractivity contribution in [1.29, 1.82) is 0 Å². The van der Waals surface area contributed by atoms with E-state index < -0.39 is 0 Å². The van der Waals surface area contributed by atoms with E-state index in [2.05, 4.69) is 0 Å². The van der Waals surface area contributed by atoms with E-state index in [-0.39, 0.29) is 0 Å². The second-order valence-electron chi connectivity index (χ2n) is 2.04. The highest BCUT2D eigenvalue weighted by molar-refractivity contribution is 5.11. The minimum absolute atomic E-state index is 0.547. The van der Waals surface area contributed by atoms with Crippen LogP contribution < -0.4 is 0 Å². The van der Waals surface area contributed by atoms with Gasteiger partial charge in [-0.2, -0.15) is 0 Å². The van der Waals surface area contributed by atoms with Gasteiger partial charge < -0.3 is 5.11 Å². The molecular weight excluding hydrogens is 88.1 g/mol. The number of rotatable bonds is 0.